The van der Waals surface area contributed by atoms with Crippen molar-refractivity contribution in [2.45, 2.75) is 12.5 Å². The van der Waals surface area contributed by atoms with Crippen LogP contribution in [0.5, 0.6) is 0 Å². The Hall–Kier alpha value is -0.670. The average molecular weight is 273 g/mol. The molecule has 62 valence electrons. The molecule has 0 amide bonds. The third-order valence-electron chi connectivity index (χ3n) is 1.44. The Labute approximate surface area is 84.7 Å². The van der Waals surface area contributed by atoms with Gasteiger partial charge >= 0.3 is 0 Å². The van der Waals surface area contributed by atoms with Crippen molar-refractivity contribution in [2.24, 2.45) is 5.73 Å². The molecule has 0 aliphatic carbocycles. The second kappa shape index (κ2) is 4.38. The zero-order chi connectivity index (χ0) is 8.97. The minimum absolute atomic E-state index is 0.257. The number of halogens is 1. The van der Waals surface area contributed by atoms with Crippen LogP contribution in [0.1, 0.15) is 18.2 Å². The second-order valence-electron chi connectivity index (χ2n) is 2.37. The zero-order valence-electron chi connectivity index (χ0n) is 6.37. The predicted molar refractivity (Wildman–Crippen MR) is 54.1 cm³/mol. The molecule has 1 atom stereocenters. The summed E-state index contributed by atoms with van der Waals surface area (Å²) in [6.07, 6.45) is 2.06. The maximum atomic E-state index is 8.39. The van der Waals surface area contributed by atoms with E-state index in [9.17, 15) is 0 Å². The molecular formula is C8H8IN3. The molecule has 3 nitrogen and oxygen atoms in total. The van der Waals surface area contributed by atoms with E-state index in [1.165, 1.54) is 0 Å². The van der Waals surface area contributed by atoms with Crippen molar-refractivity contribution in [3.63, 3.8) is 0 Å². The number of rotatable bonds is 2. The van der Waals surface area contributed by atoms with Crippen LogP contribution in [-0.2, 0) is 0 Å². The van der Waals surface area contributed by atoms with Gasteiger partial charge < -0.3 is 5.73 Å². The molecule has 0 aliphatic heterocycles. The van der Waals surface area contributed by atoms with E-state index >= 15 is 0 Å². The van der Waals surface area contributed by atoms with Crippen molar-refractivity contribution in [1.82, 2.24) is 4.98 Å². The van der Waals surface area contributed by atoms with Crippen molar-refractivity contribution in [1.29, 1.82) is 5.26 Å². The summed E-state index contributed by atoms with van der Waals surface area (Å²) in [5.41, 5.74) is 6.44. The molecule has 2 N–H and O–H groups in total. The molecule has 1 aromatic heterocycles. The van der Waals surface area contributed by atoms with Crippen molar-refractivity contribution in [3.8, 4) is 6.07 Å². The van der Waals surface area contributed by atoms with Gasteiger partial charge in [0.15, 0.2) is 0 Å². The monoisotopic (exact) mass is 273 g/mol. The van der Waals surface area contributed by atoms with Crippen molar-refractivity contribution in [3.05, 3.63) is 27.6 Å². The summed E-state index contributed by atoms with van der Waals surface area (Å²) in [6, 6.07) is 5.54. The normalized spacial score (nSPS) is 12.1. The van der Waals surface area contributed by atoms with Gasteiger partial charge in [-0.3, -0.25) is 4.98 Å². The Bertz CT molecular complexity index is 288. The van der Waals surface area contributed by atoms with Gasteiger partial charge in [-0.05, 0) is 34.7 Å². The fraction of sp³-hybridized carbons (Fsp3) is 0.250. The van der Waals surface area contributed by atoms with Gasteiger partial charge in [-0.1, -0.05) is 0 Å². The van der Waals surface area contributed by atoms with Gasteiger partial charge in [0.2, 0.25) is 0 Å². The lowest BCUT2D eigenvalue weighted by Crippen LogP contribution is -2.10. The number of nitrogens with two attached hydrogens (primary N) is 1. The Morgan fingerprint density at radius 2 is 2.42 bits per heavy atom. The lowest BCUT2D eigenvalue weighted by Gasteiger charge is -2.05. The first-order valence-electron chi connectivity index (χ1n) is 3.48. The van der Waals surface area contributed by atoms with Crippen molar-refractivity contribution in [2.75, 3.05) is 0 Å². The van der Waals surface area contributed by atoms with Crippen LogP contribution < -0.4 is 5.73 Å². The van der Waals surface area contributed by atoms with Crippen LogP contribution >= 0.6 is 22.6 Å². The Morgan fingerprint density at radius 1 is 1.67 bits per heavy atom. The largest absolute Gasteiger partial charge is 0.322 e. The maximum Gasteiger partial charge on any atom is 0.0642 e. The molecule has 0 aromatic carbocycles. The van der Waals surface area contributed by atoms with Gasteiger partial charge in [0.25, 0.3) is 0 Å². The highest BCUT2D eigenvalue weighted by atomic mass is 127. The van der Waals surface area contributed by atoms with Gasteiger partial charge in [-0.2, -0.15) is 5.26 Å². The molecule has 0 saturated heterocycles. The van der Waals surface area contributed by atoms with Gasteiger partial charge in [-0.15, -0.1) is 0 Å². The van der Waals surface area contributed by atoms with Crippen molar-refractivity contribution < 1.29 is 0 Å². The molecule has 0 unspecified atom stereocenters. The summed E-state index contributed by atoms with van der Waals surface area (Å²) in [7, 11) is 0. The summed E-state index contributed by atoms with van der Waals surface area (Å²) in [6.45, 7) is 0. The predicted octanol–water partition coefficient (Wildman–Crippen LogP) is 1.60. The fourth-order valence-electron chi connectivity index (χ4n) is 0.810. The number of hydrogen-bond donors (Lipinski definition) is 1. The van der Waals surface area contributed by atoms with Gasteiger partial charge in [0.1, 0.15) is 0 Å². The molecule has 0 saturated carbocycles. The smallest absolute Gasteiger partial charge is 0.0642 e. The van der Waals surface area contributed by atoms with Crippen LogP contribution in [0, 0.1) is 14.9 Å². The molecule has 1 rings (SSSR count). The molecule has 12 heavy (non-hydrogen) atoms. The Morgan fingerprint density at radius 3 is 2.92 bits per heavy atom. The molecule has 0 fully saturated rings. The van der Waals surface area contributed by atoms with Gasteiger partial charge in [0, 0.05) is 9.77 Å². The molecule has 1 heterocycles. The highest BCUT2D eigenvalue weighted by Gasteiger charge is 2.05. The van der Waals surface area contributed by atoms with Crippen LogP contribution in [0.3, 0.4) is 0 Å². The number of nitrogens with zero attached hydrogens (tertiary/aromatic N) is 2. The van der Waals surface area contributed by atoms with Crippen LogP contribution in [-0.4, -0.2) is 4.98 Å². The van der Waals surface area contributed by atoms with E-state index in [0.717, 1.165) is 9.26 Å². The van der Waals surface area contributed by atoms with Crippen LogP contribution in [0.25, 0.3) is 0 Å². The Kier molecular flexibility index (Phi) is 3.44. The van der Waals surface area contributed by atoms with Crippen LogP contribution in [0.15, 0.2) is 18.3 Å². The van der Waals surface area contributed by atoms with E-state index < -0.39 is 0 Å². The summed E-state index contributed by atoms with van der Waals surface area (Å²) in [5, 5.41) is 8.39. The molecule has 4 heteroatoms. The standard InChI is InChI=1S/C8H8IN3/c9-6-1-2-8(12-5-6)7(11)3-4-10/h1-2,5,7H,3,11H2/t7-/m0/s1. The number of hydrogen-bond acceptors (Lipinski definition) is 3. The minimum Gasteiger partial charge on any atom is -0.322 e. The third kappa shape index (κ3) is 2.43. The summed E-state index contributed by atoms with van der Waals surface area (Å²) in [5.74, 6) is 0. The number of pyridine rings is 1. The summed E-state index contributed by atoms with van der Waals surface area (Å²) in [4.78, 5) is 4.11. The van der Waals surface area contributed by atoms with E-state index in [-0.39, 0.29) is 6.04 Å². The topological polar surface area (TPSA) is 62.7 Å². The first kappa shape index (κ1) is 9.42. The fourth-order valence-corrected chi connectivity index (χ4v) is 1.13. The van der Waals surface area contributed by atoms with Crippen LogP contribution in [0.4, 0.5) is 0 Å². The van der Waals surface area contributed by atoms with E-state index in [0.29, 0.717) is 6.42 Å². The van der Waals surface area contributed by atoms with E-state index in [1.807, 2.05) is 18.2 Å². The van der Waals surface area contributed by atoms with E-state index in [4.69, 9.17) is 11.0 Å². The molecule has 1 aromatic rings. The number of aromatic nitrogens is 1. The average Bonchev–Trinajstić information content (AvgIpc) is 2.06. The summed E-state index contributed by atoms with van der Waals surface area (Å²) < 4.78 is 1.07. The zero-order valence-corrected chi connectivity index (χ0v) is 8.52. The lowest BCUT2D eigenvalue weighted by atomic mass is 10.1. The summed E-state index contributed by atoms with van der Waals surface area (Å²) >= 11 is 2.17. The maximum absolute atomic E-state index is 8.39. The minimum atomic E-state index is -0.257. The van der Waals surface area contributed by atoms with E-state index in [1.54, 1.807) is 6.20 Å². The second-order valence-corrected chi connectivity index (χ2v) is 3.62. The quantitative estimate of drug-likeness (QED) is 0.832. The van der Waals surface area contributed by atoms with Gasteiger partial charge in [-0.25, -0.2) is 0 Å². The number of nitriles is 1. The highest BCUT2D eigenvalue weighted by Crippen LogP contribution is 2.11. The first-order chi connectivity index (χ1) is 5.74. The lowest BCUT2D eigenvalue weighted by molar-refractivity contribution is 0.719. The molecule has 0 spiro atoms. The molecule has 0 radical (unpaired) electrons. The SMILES string of the molecule is N#CC[C@H](N)c1ccc(I)cn1. The van der Waals surface area contributed by atoms with E-state index in [2.05, 4.69) is 27.6 Å². The molecule has 0 aliphatic rings. The molecular weight excluding hydrogens is 265 g/mol. The Balaban J connectivity index is 2.76. The van der Waals surface area contributed by atoms with Gasteiger partial charge in [0.05, 0.1) is 24.2 Å². The third-order valence-corrected chi connectivity index (χ3v) is 2.08. The molecule has 0 bridgehead atoms. The van der Waals surface area contributed by atoms with Crippen molar-refractivity contribution >= 4 is 22.6 Å². The highest BCUT2D eigenvalue weighted by molar-refractivity contribution is 14.1. The van der Waals surface area contributed by atoms with Crippen LogP contribution in [0.2, 0.25) is 0 Å². The first-order valence-corrected chi connectivity index (χ1v) is 4.56.